The summed E-state index contributed by atoms with van der Waals surface area (Å²) in [6.07, 6.45) is 5.42. The SMILES string of the molecule is CCCCCc1ccc(C#Cc2ccc3c(F)c(CCc4ccc(OC(F)F)c(F)c4)ccc3c2)cc1. The molecule has 0 amide bonds. The predicted molar refractivity (Wildman–Crippen MR) is 140 cm³/mol. The van der Waals surface area contributed by atoms with Gasteiger partial charge >= 0.3 is 6.61 Å². The monoisotopic (exact) mass is 504 g/mol. The van der Waals surface area contributed by atoms with Gasteiger partial charge in [0.05, 0.1) is 0 Å². The van der Waals surface area contributed by atoms with Crippen molar-refractivity contribution in [2.45, 2.75) is 52.1 Å². The summed E-state index contributed by atoms with van der Waals surface area (Å²) in [4.78, 5) is 0. The highest BCUT2D eigenvalue weighted by Crippen LogP contribution is 2.25. The van der Waals surface area contributed by atoms with Crippen molar-refractivity contribution in [1.82, 2.24) is 0 Å². The topological polar surface area (TPSA) is 9.23 Å². The zero-order chi connectivity index (χ0) is 26.2. The van der Waals surface area contributed by atoms with Crippen molar-refractivity contribution in [2.75, 3.05) is 0 Å². The van der Waals surface area contributed by atoms with E-state index in [2.05, 4.69) is 35.6 Å². The lowest BCUT2D eigenvalue weighted by Crippen LogP contribution is -2.04. The Morgan fingerprint density at radius 1 is 0.730 bits per heavy atom. The molecule has 37 heavy (non-hydrogen) atoms. The first-order valence-corrected chi connectivity index (χ1v) is 12.5. The van der Waals surface area contributed by atoms with E-state index < -0.39 is 18.2 Å². The van der Waals surface area contributed by atoms with Crippen LogP contribution in [0.1, 0.15) is 54.0 Å². The summed E-state index contributed by atoms with van der Waals surface area (Å²) in [5.41, 5.74) is 4.12. The average Bonchev–Trinajstić information content (AvgIpc) is 2.89. The Kier molecular flexibility index (Phi) is 8.85. The van der Waals surface area contributed by atoms with Crippen molar-refractivity contribution in [1.29, 1.82) is 0 Å². The van der Waals surface area contributed by atoms with E-state index in [1.54, 1.807) is 18.2 Å². The van der Waals surface area contributed by atoms with Crippen LogP contribution in [-0.2, 0) is 19.3 Å². The minimum Gasteiger partial charge on any atom is -0.432 e. The van der Waals surface area contributed by atoms with Crippen molar-refractivity contribution >= 4 is 10.8 Å². The fourth-order valence-electron chi connectivity index (χ4n) is 4.26. The number of benzene rings is 4. The van der Waals surface area contributed by atoms with Crippen LogP contribution in [-0.4, -0.2) is 6.61 Å². The molecule has 0 heterocycles. The van der Waals surface area contributed by atoms with Crippen LogP contribution in [0.15, 0.2) is 72.8 Å². The molecule has 4 rings (SSSR count). The molecule has 5 heteroatoms. The Morgan fingerprint density at radius 2 is 1.46 bits per heavy atom. The lowest BCUT2D eigenvalue weighted by atomic mass is 9.99. The molecule has 190 valence electrons. The van der Waals surface area contributed by atoms with Crippen LogP contribution in [0.2, 0.25) is 0 Å². The van der Waals surface area contributed by atoms with E-state index in [0.29, 0.717) is 29.4 Å². The van der Waals surface area contributed by atoms with E-state index in [0.717, 1.165) is 35.1 Å². The normalized spacial score (nSPS) is 11.0. The quantitative estimate of drug-likeness (QED) is 0.126. The first-order chi connectivity index (χ1) is 17.9. The van der Waals surface area contributed by atoms with Gasteiger partial charge in [-0.15, -0.1) is 0 Å². The fourth-order valence-corrected chi connectivity index (χ4v) is 4.26. The highest BCUT2D eigenvalue weighted by molar-refractivity contribution is 5.85. The van der Waals surface area contributed by atoms with Gasteiger partial charge in [0.15, 0.2) is 11.6 Å². The molecule has 4 aromatic rings. The molecule has 0 bridgehead atoms. The Morgan fingerprint density at radius 3 is 2.19 bits per heavy atom. The first kappa shape index (κ1) is 26.3. The Bertz CT molecular complexity index is 1410. The number of aryl methyl sites for hydroxylation is 3. The van der Waals surface area contributed by atoms with Crippen LogP contribution in [0.25, 0.3) is 10.8 Å². The van der Waals surface area contributed by atoms with Crippen LogP contribution in [0.3, 0.4) is 0 Å². The largest absolute Gasteiger partial charge is 0.432 e. The van der Waals surface area contributed by atoms with E-state index in [4.69, 9.17) is 0 Å². The predicted octanol–water partition coefficient (Wildman–Crippen LogP) is 8.64. The molecule has 0 aromatic heterocycles. The summed E-state index contributed by atoms with van der Waals surface area (Å²) < 4.78 is 57.9. The van der Waals surface area contributed by atoms with Crippen molar-refractivity contribution < 1.29 is 22.3 Å². The van der Waals surface area contributed by atoms with Crippen molar-refractivity contribution in [3.05, 3.63) is 112 Å². The standard InChI is InChI=1S/C32H28F4O/c1-2-3-4-5-22-6-8-23(9-7-22)10-11-24-13-18-28-27(20-24)17-16-26(31(28)34)15-12-25-14-19-30(29(33)21-25)37-32(35)36/h6-9,13-14,16-21,32H,2-5,12,15H2,1H3. The molecule has 0 aliphatic carbocycles. The number of rotatable bonds is 9. The van der Waals surface area contributed by atoms with Crippen LogP contribution in [0.5, 0.6) is 5.75 Å². The molecule has 1 nitrogen and oxygen atoms in total. The number of alkyl halides is 2. The van der Waals surface area contributed by atoms with Crippen LogP contribution in [0.4, 0.5) is 17.6 Å². The van der Waals surface area contributed by atoms with Gasteiger partial charge in [-0.2, -0.15) is 8.78 Å². The van der Waals surface area contributed by atoms with Gasteiger partial charge in [-0.05, 0) is 84.2 Å². The van der Waals surface area contributed by atoms with E-state index in [-0.39, 0.29) is 5.82 Å². The number of unbranched alkanes of at least 4 members (excludes halogenated alkanes) is 2. The summed E-state index contributed by atoms with van der Waals surface area (Å²) in [6.45, 7) is -0.895. The molecule has 0 saturated carbocycles. The van der Waals surface area contributed by atoms with E-state index in [9.17, 15) is 13.2 Å². The summed E-state index contributed by atoms with van der Waals surface area (Å²) in [5, 5.41) is 1.24. The maximum absolute atomic E-state index is 15.2. The summed E-state index contributed by atoms with van der Waals surface area (Å²) in [6, 6.07) is 21.1. The van der Waals surface area contributed by atoms with E-state index in [1.807, 2.05) is 24.3 Å². The molecule has 0 spiro atoms. The van der Waals surface area contributed by atoms with E-state index >= 15 is 4.39 Å². The Balaban J connectivity index is 1.43. The summed E-state index contributed by atoms with van der Waals surface area (Å²) in [5.74, 6) is 4.64. The molecule has 0 atom stereocenters. The second-order valence-electron chi connectivity index (χ2n) is 9.02. The van der Waals surface area contributed by atoms with Crippen molar-refractivity contribution in [2.24, 2.45) is 0 Å². The number of hydrogen-bond donors (Lipinski definition) is 0. The number of fused-ring (bicyclic) bond motifs is 1. The molecular formula is C32H28F4O. The summed E-state index contributed by atoms with van der Waals surface area (Å²) >= 11 is 0. The molecule has 0 N–H and O–H groups in total. The van der Waals surface area contributed by atoms with Gasteiger partial charge in [-0.25, -0.2) is 8.78 Å². The Labute approximate surface area is 215 Å². The van der Waals surface area contributed by atoms with Gasteiger partial charge in [0.1, 0.15) is 5.82 Å². The molecular weight excluding hydrogens is 476 g/mol. The highest BCUT2D eigenvalue weighted by Gasteiger charge is 2.12. The van der Waals surface area contributed by atoms with Gasteiger partial charge in [0.25, 0.3) is 0 Å². The average molecular weight is 505 g/mol. The van der Waals surface area contributed by atoms with Crippen LogP contribution >= 0.6 is 0 Å². The minimum absolute atomic E-state index is 0.325. The zero-order valence-electron chi connectivity index (χ0n) is 20.7. The molecule has 0 aliphatic rings. The maximum atomic E-state index is 15.2. The van der Waals surface area contributed by atoms with E-state index in [1.165, 1.54) is 30.9 Å². The van der Waals surface area contributed by atoms with Gasteiger partial charge in [-0.1, -0.05) is 68.0 Å². The van der Waals surface area contributed by atoms with Gasteiger partial charge < -0.3 is 4.74 Å². The number of halogens is 4. The highest BCUT2D eigenvalue weighted by atomic mass is 19.3. The molecule has 0 aliphatic heterocycles. The molecule has 0 unspecified atom stereocenters. The van der Waals surface area contributed by atoms with Gasteiger partial charge in [-0.3, -0.25) is 0 Å². The summed E-state index contributed by atoms with van der Waals surface area (Å²) in [7, 11) is 0. The van der Waals surface area contributed by atoms with Crippen LogP contribution < -0.4 is 4.74 Å². The second-order valence-corrected chi connectivity index (χ2v) is 9.02. The second kappa shape index (κ2) is 12.5. The van der Waals surface area contributed by atoms with Gasteiger partial charge in [0, 0.05) is 16.5 Å². The van der Waals surface area contributed by atoms with Gasteiger partial charge in [0.2, 0.25) is 0 Å². The number of ether oxygens (including phenoxy) is 1. The molecule has 0 radical (unpaired) electrons. The van der Waals surface area contributed by atoms with Crippen LogP contribution in [0, 0.1) is 23.5 Å². The Hall–Kier alpha value is -3.78. The molecule has 0 fully saturated rings. The first-order valence-electron chi connectivity index (χ1n) is 12.5. The third-order valence-corrected chi connectivity index (χ3v) is 6.30. The smallest absolute Gasteiger partial charge is 0.387 e. The molecule has 4 aromatic carbocycles. The maximum Gasteiger partial charge on any atom is 0.387 e. The lowest BCUT2D eigenvalue weighted by Gasteiger charge is -2.09. The third kappa shape index (κ3) is 7.13. The van der Waals surface area contributed by atoms with Crippen molar-refractivity contribution in [3.8, 4) is 17.6 Å². The third-order valence-electron chi connectivity index (χ3n) is 6.30. The number of hydrogen-bond acceptors (Lipinski definition) is 1. The molecule has 0 saturated heterocycles. The zero-order valence-corrected chi connectivity index (χ0v) is 20.7. The fraction of sp³-hybridized carbons (Fsp3) is 0.250. The minimum atomic E-state index is -3.09. The lowest BCUT2D eigenvalue weighted by molar-refractivity contribution is -0.0522. The van der Waals surface area contributed by atoms with Crippen molar-refractivity contribution in [3.63, 3.8) is 0 Å².